The summed E-state index contributed by atoms with van der Waals surface area (Å²) in [5.41, 5.74) is 3.53. The Morgan fingerprint density at radius 1 is 1.22 bits per heavy atom. The molecule has 0 radical (unpaired) electrons. The molecule has 18 heavy (non-hydrogen) atoms. The van der Waals surface area contributed by atoms with E-state index in [1.54, 1.807) is 0 Å². The number of nitrogens with two attached hydrogens (primary N) is 1. The predicted molar refractivity (Wildman–Crippen MR) is 76.8 cm³/mol. The van der Waals surface area contributed by atoms with Crippen molar-refractivity contribution in [3.63, 3.8) is 0 Å². The number of rotatable bonds is 3. The summed E-state index contributed by atoms with van der Waals surface area (Å²) < 4.78 is 0. The normalized spacial score (nSPS) is 11.8. The van der Waals surface area contributed by atoms with E-state index in [9.17, 15) is 0 Å². The lowest BCUT2D eigenvalue weighted by Gasteiger charge is -2.27. The first-order valence-corrected chi connectivity index (χ1v) is 6.27. The van der Waals surface area contributed by atoms with Crippen LogP contribution in [0, 0.1) is 6.92 Å². The number of nitrogens with zero attached hydrogens (tertiary/aromatic N) is 3. The van der Waals surface area contributed by atoms with Crippen molar-refractivity contribution in [1.82, 2.24) is 9.97 Å². The number of aromatic nitrogens is 2. The van der Waals surface area contributed by atoms with Gasteiger partial charge in [-0.2, -0.15) is 0 Å². The van der Waals surface area contributed by atoms with Crippen LogP contribution in [0.1, 0.15) is 46.0 Å². The van der Waals surface area contributed by atoms with E-state index in [1.165, 1.54) is 0 Å². The molecule has 1 heterocycles. The van der Waals surface area contributed by atoms with Crippen LogP contribution in [0.5, 0.6) is 0 Å². The highest BCUT2D eigenvalue weighted by Gasteiger charge is 2.22. The van der Waals surface area contributed by atoms with Crippen LogP contribution >= 0.6 is 0 Å². The first-order chi connectivity index (χ1) is 8.18. The van der Waals surface area contributed by atoms with Gasteiger partial charge in [0.1, 0.15) is 17.5 Å². The zero-order valence-electron chi connectivity index (χ0n) is 12.5. The van der Waals surface area contributed by atoms with Gasteiger partial charge in [-0.1, -0.05) is 20.8 Å². The van der Waals surface area contributed by atoms with E-state index in [0.29, 0.717) is 11.9 Å². The van der Waals surface area contributed by atoms with Gasteiger partial charge in [0.05, 0.1) is 0 Å². The predicted octanol–water partition coefficient (Wildman–Crippen LogP) is 2.21. The van der Waals surface area contributed by atoms with Crippen molar-refractivity contribution in [2.45, 2.75) is 53.0 Å². The van der Waals surface area contributed by atoms with E-state index in [4.69, 9.17) is 10.8 Å². The third-order valence-corrected chi connectivity index (χ3v) is 3.04. The maximum atomic E-state index is 5.55. The first kappa shape index (κ1) is 14.7. The van der Waals surface area contributed by atoms with Gasteiger partial charge in [-0.3, -0.25) is 0 Å². The highest BCUT2D eigenvalue weighted by molar-refractivity contribution is 5.58. The van der Waals surface area contributed by atoms with E-state index in [1.807, 2.05) is 14.0 Å². The van der Waals surface area contributed by atoms with Crippen LogP contribution in [-0.2, 0) is 5.41 Å². The molecule has 1 aromatic rings. The van der Waals surface area contributed by atoms with Crippen molar-refractivity contribution in [3.05, 3.63) is 11.4 Å². The molecule has 0 bridgehead atoms. The minimum Gasteiger partial charge on any atom is -0.357 e. The second kappa shape index (κ2) is 5.10. The third kappa shape index (κ3) is 2.90. The molecule has 0 unspecified atom stereocenters. The average molecular weight is 251 g/mol. The fraction of sp³-hybridized carbons (Fsp3) is 0.692. The lowest BCUT2D eigenvalue weighted by atomic mass is 9.95. The van der Waals surface area contributed by atoms with E-state index in [2.05, 4.69) is 49.9 Å². The molecule has 0 saturated heterocycles. The molecule has 0 fully saturated rings. The fourth-order valence-electron chi connectivity index (χ4n) is 1.57. The molecule has 0 aliphatic heterocycles. The van der Waals surface area contributed by atoms with Crippen molar-refractivity contribution in [2.24, 2.45) is 5.84 Å². The quantitative estimate of drug-likeness (QED) is 0.637. The Labute approximate surface area is 110 Å². The standard InChI is InChI=1S/C13H25N5/c1-8(2)18(7)11-9(3)10(17-14)15-12(16-11)13(4,5)6/h8H,14H2,1-7H3,(H,15,16,17). The zero-order valence-corrected chi connectivity index (χ0v) is 12.5. The average Bonchev–Trinajstić information content (AvgIpc) is 2.26. The first-order valence-electron chi connectivity index (χ1n) is 6.27. The smallest absolute Gasteiger partial charge is 0.148 e. The van der Waals surface area contributed by atoms with Gasteiger partial charge in [-0.05, 0) is 20.8 Å². The molecule has 5 heteroatoms. The van der Waals surface area contributed by atoms with Crippen LogP contribution in [0.15, 0.2) is 0 Å². The Hall–Kier alpha value is -1.36. The molecule has 1 rings (SSSR count). The second-order valence-electron chi connectivity index (χ2n) is 5.94. The Kier molecular flexibility index (Phi) is 4.16. The molecule has 102 valence electrons. The number of nitrogen functional groups attached to an aromatic ring is 1. The summed E-state index contributed by atoms with van der Waals surface area (Å²) in [6.45, 7) is 12.5. The summed E-state index contributed by atoms with van der Waals surface area (Å²) in [7, 11) is 2.03. The summed E-state index contributed by atoms with van der Waals surface area (Å²) >= 11 is 0. The van der Waals surface area contributed by atoms with Crippen molar-refractivity contribution in [3.8, 4) is 0 Å². The second-order valence-corrected chi connectivity index (χ2v) is 5.94. The summed E-state index contributed by atoms with van der Waals surface area (Å²) in [6.07, 6.45) is 0. The van der Waals surface area contributed by atoms with Gasteiger partial charge in [0.2, 0.25) is 0 Å². The SMILES string of the molecule is Cc1c(NN)nc(C(C)(C)C)nc1N(C)C(C)C. The lowest BCUT2D eigenvalue weighted by molar-refractivity contribution is 0.543. The van der Waals surface area contributed by atoms with Crippen molar-refractivity contribution in [1.29, 1.82) is 0 Å². The van der Waals surface area contributed by atoms with E-state index in [0.717, 1.165) is 17.2 Å². The molecule has 5 nitrogen and oxygen atoms in total. The van der Waals surface area contributed by atoms with Gasteiger partial charge < -0.3 is 10.3 Å². The number of hydrazine groups is 1. The van der Waals surface area contributed by atoms with Crippen LogP contribution in [0.2, 0.25) is 0 Å². The lowest BCUT2D eigenvalue weighted by Crippen LogP contribution is -2.30. The highest BCUT2D eigenvalue weighted by Crippen LogP contribution is 2.28. The largest absolute Gasteiger partial charge is 0.357 e. The topological polar surface area (TPSA) is 67.1 Å². The summed E-state index contributed by atoms with van der Waals surface area (Å²) in [5, 5.41) is 0. The van der Waals surface area contributed by atoms with Gasteiger partial charge >= 0.3 is 0 Å². The molecule has 0 atom stereocenters. The molecule has 0 saturated carbocycles. The van der Waals surface area contributed by atoms with E-state index < -0.39 is 0 Å². The summed E-state index contributed by atoms with van der Waals surface area (Å²) in [5.74, 6) is 7.96. The van der Waals surface area contributed by atoms with Gasteiger partial charge in [0.15, 0.2) is 0 Å². The van der Waals surface area contributed by atoms with Gasteiger partial charge in [-0.25, -0.2) is 15.8 Å². The fourth-order valence-corrected chi connectivity index (χ4v) is 1.57. The minimum absolute atomic E-state index is 0.105. The summed E-state index contributed by atoms with van der Waals surface area (Å²) in [6, 6.07) is 0.372. The number of nitrogens with one attached hydrogen (secondary N) is 1. The van der Waals surface area contributed by atoms with Crippen molar-refractivity contribution < 1.29 is 0 Å². The maximum Gasteiger partial charge on any atom is 0.148 e. The molecular weight excluding hydrogens is 226 g/mol. The molecule has 0 aliphatic rings. The van der Waals surface area contributed by atoms with Gasteiger partial charge in [0, 0.05) is 24.1 Å². The molecule has 0 aliphatic carbocycles. The summed E-state index contributed by atoms with van der Waals surface area (Å²) in [4.78, 5) is 11.3. The van der Waals surface area contributed by atoms with Crippen molar-refractivity contribution >= 4 is 11.6 Å². The molecular formula is C13H25N5. The van der Waals surface area contributed by atoms with Crippen LogP contribution in [-0.4, -0.2) is 23.1 Å². The Morgan fingerprint density at radius 2 is 1.78 bits per heavy atom. The molecule has 3 N–H and O–H groups in total. The Bertz CT molecular complexity index is 420. The van der Waals surface area contributed by atoms with E-state index >= 15 is 0 Å². The number of anilines is 2. The van der Waals surface area contributed by atoms with Crippen LogP contribution < -0.4 is 16.2 Å². The number of hydrogen-bond donors (Lipinski definition) is 2. The maximum absolute atomic E-state index is 5.55. The van der Waals surface area contributed by atoms with Crippen molar-refractivity contribution in [2.75, 3.05) is 17.4 Å². The highest BCUT2D eigenvalue weighted by atomic mass is 15.3. The zero-order chi connectivity index (χ0) is 14.1. The Balaban J connectivity index is 3.41. The Morgan fingerprint density at radius 3 is 2.17 bits per heavy atom. The monoisotopic (exact) mass is 251 g/mol. The number of hydrogen-bond acceptors (Lipinski definition) is 5. The molecule has 0 spiro atoms. The van der Waals surface area contributed by atoms with Crippen LogP contribution in [0.25, 0.3) is 0 Å². The minimum atomic E-state index is -0.105. The van der Waals surface area contributed by atoms with Gasteiger partial charge in [0.25, 0.3) is 0 Å². The van der Waals surface area contributed by atoms with Crippen LogP contribution in [0.4, 0.5) is 11.6 Å². The molecule has 0 aromatic carbocycles. The third-order valence-electron chi connectivity index (χ3n) is 3.04. The molecule has 1 aromatic heterocycles. The molecule has 0 amide bonds. The van der Waals surface area contributed by atoms with Gasteiger partial charge in [-0.15, -0.1) is 0 Å². The van der Waals surface area contributed by atoms with E-state index in [-0.39, 0.29) is 5.41 Å². The van der Waals surface area contributed by atoms with Crippen LogP contribution in [0.3, 0.4) is 0 Å².